The lowest BCUT2D eigenvalue weighted by Crippen LogP contribution is -2.45. The molecule has 1 unspecified atom stereocenters. The van der Waals surface area contributed by atoms with E-state index in [1.807, 2.05) is 0 Å². The molecule has 1 atom stereocenters. The molecule has 0 radical (unpaired) electrons. The standard InChI is InChI=1S/C5H2F2OS.C4H9FN2/c6-3-1-2-9-4(3)5(7)8;5-4-3-6-1-2-7-4/h1-2H;4,6-7H,1-3H2. The molecule has 1 aromatic heterocycles. The van der Waals surface area contributed by atoms with Gasteiger partial charge in [0.05, 0.1) is 0 Å². The molecular weight excluding hydrogens is 241 g/mol. The largest absolute Gasteiger partial charge is 0.344 e. The Labute approximate surface area is 94.7 Å². The highest BCUT2D eigenvalue weighted by Gasteiger charge is 2.10. The SMILES string of the molecule is FC1CNCCN1.O=C(F)c1sccc1F. The second-order valence-corrected chi connectivity index (χ2v) is 3.91. The highest BCUT2D eigenvalue weighted by atomic mass is 32.1. The molecule has 1 aromatic rings. The van der Waals surface area contributed by atoms with E-state index in [9.17, 15) is 18.0 Å². The van der Waals surface area contributed by atoms with Gasteiger partial charge in [0.2, 0.25) is 0 Å². The molecule has 1 aliphatic heterocycles. The van der Waals surface area contributed by atoms with Crippen molar-refractivity contribution in [2.75, 3.05) is 19.6 Å². The summed E-state index contributed by atoms with van der Waals surface area (Å²) in [5, 5.41) is 6.87. The van der Waals surface area contributed by atoms with E-state index in [1.54, 1.807) is 0 Å². The monoisotopic (exact) mass is 252 g/mol. The Morgan fingerprint density at radius 1 is 1.50 bits per heavy atom. The zero-order chi connectivity index (χ0) is 12.0. The van der Waals surface area contributed by atoms with Crippen molar-refractivity contribution in [2.24, 2.45) is 0 Å². The predicted molar refractivity (Wildman–Crippen MR) is 55.5 cm³/mol. The number of rotatable bonds is 1. The van der Waals surface area contributed by atoms with E-state index in [4.69, 9.17) is 0 Å². The number of halogens is 3. The minimum absolute atomic E-state index is 0.449. The van der Waals surface area contributed by atoms with Gasteiger partial charge in [-0.15, -0.1) is 11.3 Å². The molecule has 2 rings (SSSR count). The first-order valence-electron chi connectivity index (χ1n) is 4.62. The van der Waals surface area contributed by atoms with E-state index in [-0.39, 0.29) is 0 Å². The van der Waals surface area contributed by atoms with Crippen molar-refractivity contribution in [3.05, 3.63) is 22.1 Å². The molecular formula is C9H11F3N2OS. The summed E-state index contributed by atoms with van der Waals surface area (Å²) in [6.45, 7) is 2.10. The van der Waals surface area contributed by atoms with Gasteiger partial charge in [-0.05, 0) is 11.4 Å². The third-order valence-electron chi connectivity index (χ3n) is 1.79. The zero-order valence-electron chi connectivity index (χ0n) is 8.30. The van der Waals surface area contributed by atoms with Gasteiger partial charge in [-0.2, -0.15) is 4.39 Å². The van der Waals surface area contributed by atoms with Gasteiger partial charge in [0.1, 0.15) is 10.7 Å². The minimum atomic E-state index is -1.71. The zero-order valence-corrected chi connectivity index (χ0v) is 9.12. The summed E-state index contributed by atoms with van der Waals surface area (Å²) >= 11 is 0.758. The van der Waals surface area contributed by atoms with Gasteiger partial charge < -0.3 is 5.32 Å². The summed E-state index contributed by atoms with van der Waals surface area (Å²) in [5.74, 6) is -0.785. The minimum Gasteiger partial charge on any atom is -0.311 e. The number of carbonyl (C=O) groups is 1. The summed E-state index contributed by atoms with van der Waals surface area (Å²) in [7, 11) is 0. The first-order valence-corrected chi connectivity index (χ1v) is 5.50. The smallest absolute Gasteiger partial charge is 0.311 e. The van der Waals surface area contributed by atoms with Crippen LogP contribution < -0.4 is 10.6 Å². The second kappa shape index (κ2) is 6.62. The number of nitrogens with one attached hydrogen (secondary N) is 2. The number of hydrogen-bond donors (Lipinski definition) is 2. The molecule has 16 heavy (non-hydrogen) atoms. The van der Waals surface area contributed by atoms with Gasteiger partial charge >= 0.3 is 6.04 Å². The lowest BCUT2D eigenvalue weighted by molar-refractivity contribution is 0.0836. The van der Waals surface area contributed by atoms with Crippen LogP contribution in [0.2, 0.25) is 0 Å². The quantitative estimate of drug-likeness (QED) is 0.587. The third kappa shape index (κ3) is 4.30. The Morgan fingerprint density at radius 3 is 2.50 bits per heavy atom. The topological polar surface area (TPSA) is 41.1 Å². The van der Waals surface area contributed by atoms with Crippen molar-refractivity contribution >= 4 is 17.4 Å². The van der Waals surface area contributed by atoms with Crippen LogP contribution in [0.25, 0.3) is 0 Å². The van der Waals surface area contributed by atoms with E-state index in [2.05, 4.69) is 10.6 Å². The average molecular weight is 252 g/mol. The highest BCUT2D eigenvalue weighted by molar-refractivity contribution is 7.12. The van der Waals surface area contributed by atoms with E-state index < -0.39 is 23.0 Å². The van der Waals surface area contributed by atoms with Crippen molar-refractivity contribution < 1.29 is 18.0 Å². The number of piperazine rings is 1. The van der Waals surface area contributed by atoms with Crippen LogP contribution in [0, 0.1) is 5.82 Å². The molecule has 1 aliphatic rings. The molecule has 7 heteroatoms. The maximum absolute atomic E-state index is 12.1. The van der Waals surface area contributed by atoms with Gasteiger partial charge in [0.25, 0.3) is 0 Å². The fourth-order valence-corrected chi connectivity index (χ4v) is 1.65. The van der Waals surface area contributed by atoms with Crippen LogP contribution in [0.4, 0.5) is 13.2 Å². The summed E-state index contributed by atoms with van der Waals surface area (Å²) in [6, 6.07) is -0.653. The molecule has 1 fully saturated rings. The molecule has 0 amide bonds. The Bertz CT molecular complexity index is 339. The molecule has 0 saturated carbocycles. The van der Waals surface area contributed by atoms with Gasteiger partial charge in [0.15, 0.2) is 6.30 Å². The van der Waals surface area contributed by atoms with Crippen molar-refractivity contribution in [1.29, 1.82) is 0 Å². The Balaban J connectivity index is 0.000000165. The van der Waals surface area contributed by atoms with E-state index >= 15 is 0 Å². The maximum atomic E-state index is 12.1. The normalized spacial score (nSPS) is 19.8. The fourth-order valence-electron chi connectivity index (χ4n) is 1.05. The van der Waals surface area contributed by atoms with Crippen molar-refractivity contribution in [3.63, 3.8) is 0 Å². The molecule has 90 valence electrons. The number of hydrogen-bond acceptors (Lipinski definition) is 4. The molecule has 0 spiro atoms. The van der Waals surface area contributed by atoms with Crippen LogP contribution in [-0.4, -0.2) is 32.0 Å². The van der Waals surface area contributed by atoms with Crippen LogP contribution in [0.3, 0.4) is 0 Å². The van der Waals surface area contributed by atoms with Crippen molar-refractivity contribution in [2.45, 2.75) is 6.30 Å². The number of thiophene rings is 1. The molecule has 1 saturated heterocycles. The number of alkyl halides is 1. The molecule has 0 aliphatic carbocycles. The summed E-state index contributed by atoms with van der Waals surface area (Å²) in [4.78, 5) is 9.38. The van der Waals surface area contributed by atoms with Crippen molar-refractivity contribution in [1.82, 2.24) is 10.6 Å². The highest BCUT2D eigenvalue weighted by Crippen LogP contribution is 2.15. The average Bonchev–Trinajstić information content (AvgIpc) is 2.66. The first kappa shape index (κ1) is 13.1. The van der Waals surface area contributed by atoms with E-state index in [0.29, 0.717) is 6.54 Å². The van der Waals surface area contributed by atoms with E-state index in [1.165, 1.54) is 5.38 Å². The molecule has 2 N–H and O–H groups in total. The van der Waals surface area contributed by atoms with Crippen LogP contribution in [0.15, 0.2) is 11.4 Å². The molecule has 0 aromatic carbocycles. The second-order valence-electron chi connectivity index (χ2n) is 3.00. The van der Waals surface area contributed by atoms with Gasteiger partial charge in [0, 0.05) is 19.6 Å². The lowest BCUT2D eigenvalue weighted by Gasteiger charge is -2.16. The molecule has 3 nitrogen and oxygen atoms in total. The Kier molecular flexibility index (Phi) is 5.44. The summed E-state index contributed by atoms with van der Waals surface area (Å²) in [5.41, 5.74) is 0. The van der Waals surface area contributed by atoms with E-state index in [0.717, 1.165) is 30.5 Å². The summed E-state index contributed by atoms with van der Waals surface area (Å²) < 4.78 is 35.8. The Hall–Kier alpha value is -0.920. The number of carbonyl (C=O) groups excluding carboxylic acids is 1. The third-order valence-corrected chi connectivity index (χ3v) is 2.65. The molecule has 2 heterocycles. The van der Waals surface area contributed by atoms with Crippen LogP contribution >= 0.6 is 11.3 Å². The first-order chi connectivity index (χ1) is 7.61. The van der Waals surface area contributed by atoms with Gasteiger partial charge in [-0.25, -0.2) is 8.78 Å². The molecule has 0 bridgehead atoms. The maximum Gasteiger partial charge on any atom is 0.344 e. The Morgan fingerprint density at radius 2 is 2.25 bits per heavy atom. The van der Waals surface area contributed by atoms with Crippen LogP contribution in [0.5, 0.6) is 0 Å². The fraction of sp³-hybridized carbons (Fsp3) is 0.444. The van der Waals surface area contributed by atoms with Gasteiger partial charge in [-0.1, -0.05) is 0 Å². The predicted octanol–water partition coefficient (Wildman–Crippen LogP) is 1.47. The van der Waals surface area contributed by atoms with Crippen LogP contribution in [0.1, 0.15) is 9.67 Å². The van der Waals surface area contributed by atoms with Gasteiger partial charge in [-0.3, -0.25) is 10.1 Å². The van der Waals surface area contributed by atoms with Crippen molar-refractivity contribution in [3.8, 4) is 0 Å². The summed E-state index contributed by atoms with van der Waals surface area (Å²) in [6.07, 6.45) is -0.825. The lowest BCUT2D eigenvalue weighted by atomic mass is 10.4. The van der Waals surface area contributed by atoms with Crippen LogP contribution in [-0.2, 0) is 0 Å².